The molecule has 0 aromatic carbocycles. The standard InChI is InChI=1S/C7H11NO7/c9-2-4(8-1-5(10)11)7(14)15-3-6(12)13/h4,8-9H,1-3H2,(H,10,11)(H,12,13)/t4-/m0/s1. The number of aliphatic hydroxyl groups excluding tert-OH is 1. The molecule has 0 rings (SSSR count). The van der Waals surface area contributed by atoms with Crippen molar-refractivity contribution in [2.75, 3.05) is 19.8 Å². The van der Waals surface area contributed by atoms with Crippen molar-refractivity contribution in [1.82, 2.24) is 5.32 Å². The van der Waals surface area contributed by atoms with Gasteiger partial charge in [-0.15, -0.1) is 0 Å². The van der Waals surface area contributed by atoms with Gasteiger partial charge in [0.05, 0.1) is 13.2 Å². The maximum Gasteiger partial charge on any atom is 0.341 e. The minimum atomic E-state index is -1.33. The van der Waals surface area contributed by atoms with Crippen molar-refractivity contribution in [3.05, 3.63) is 0 Å². The molecule has 0 aliphatic carbocycles. The Hall–Kier alpha value is -1.67. The molecule has 0 radical (unpaired) electrons. The molecule has 0 amide bonds. The van der Waals surface area contributed by atoms with Crippen LogP contribution in [0, 0.1) is 0 Å². The molecular weight excluding hydrogens is 210 g/mol. The number of hydrogen-bond acceptors (Lipinski definition) is 6. The van der Waals surface area contributed by atoms with Crippen LogP contribution >= 0.6 is 0 Å². The molecule has 4 N–H and O–H groups in total. The summed E-state index contributed by atoms with van der Waals surface area (Å²) in [5.41, 5.74) is 0. The van der Waals surface area contributed by atoms with Crippen LogP contribution in [0.2, 0.25) is 0 Å². The molecule has 0 fully saturated rings. The molecule has 8 heteroatoms. The molecular formula is C7H11NO7. The van der Waals surface area contributed by atoms with Crippen molar-refractivity contribution < 1.29 is 34.4 Å². The van der Waals surface area contributed by atoms with Gasteiger partial charge in [0.15, 0.2) is 6.61 Å². The Balaban J connectivity index is 3.98. The number of aliphatic carboxylic acids is 2. The topological polar surface area (TPSA) is 133 Å². The molecule has 1 atom stereocenters. The highest BCUT2D eigenvalue weighted by atomic mass is 16.6. The zero-order valence-corrected chi connectivity index (χ0v) is 7.67. The number of nitrogens with one attached hydrogen (secondary N) is 1. The van der Waals surface area contributed by atoms with Crippen LogP contribution in [-0.2, 0) is 19.1 Å². The molecule has 0 aromatic rings. The summed E-state index contributed by atoms with van der Waals surface area (Å²) in [5.74, 6) is -3.56. The van der Waals surface area contributed by atoms with Crippen LogP contribution in [0.5, 0.6) is 0 Å². The third kappa shape index (κ3) is 6.41. The van der Waals surface area contributed by atoms with E-state index in [1.54, 1.807) is 0 Å². The molecule has 0 aliphatic rings. The molecule has 0 heterocycles. The summed E-state index contributed by atoms with van der Waals surface area (Å²) in [6, 6.07) is -1.24. The first kappa shape index (κ1) is 13.3. The van der Waals surface area contributed by atoms with Crippen LogP contribution in [0.1, 0.15) is 0 Å². The Bertz CT molecular complexity index is 252. The highest BCUT2D eigenvalue weighted by Crippen LogP contribution is 1.88. The average Bonchev–Trinajstić information content (AvgIpc) is 2.15. The second-order valence-corrected chi connectivity index (χ2v) is 2.51. The van der Waals surface area contributed by atoms with Crippen LogP contribution in [0.15, 0.2) is 0 Å². The molecule has 86 valence electrons. The zero-order chi connectivity index (χ0) is 11.8. The van der Waals surface area contributed by atoms with Crippen molar-refractivity contribution in [3.8, 4) is 0 Å². The lowest BCUT2D eigenvalue weighted by atomic mass is 10.3. The lowest BCUT2D eigenvalue weighted by Crippen LogP contribution is -2.43. The van der Waals surface area contributed by atoms with Gasteiger partial charge in [-0.3, -0.25) is 14.9 Å². The maximum atomic E-state index is 11.0. The zero-order valence-electron chi connectivity index (χ0n) is 7.67. The van der Waals surface area contributed by atoms with Gasteiger partial charge in [0.2, 0.25) is 0 Å². The number of carboxylic acids is 2. The van der Waals surface area contributed by atoms with Gasteiger partial charge in [-0.2, -0.15) is 0 Å². The molecule has 0 unspecified atom stereocenters. The monoisotopic (exact) mass is 221 g/mol. The largest absolute Gasteiger partial charge is 0.480 e. The summed E-state index contributed by atoms with van der Waals surface area (Å²) in [6.07, 6.45) is 0. The minimum Gasteiger partial charge on any atom is -0.480 e. The summed E-state index contributed by atoms with van der Waals surface area (Å²) in [4.78, 5) is 31.1. The predicted octanol–water partition coefficient (Wildman–Crippen LogP) is -2.35. The summed E-state index contributed by atoms with van der Waals surface area (Å²) >= 11 is 0. The number of carbonyl (C=O) groups is 3. The van der Waals surface area contributed by atoms with E-state index in [0.29, 0.717) is 0 Å². The van der Waals surface area contributed by atoms with Crippen LogP contribution in [-0.4, -0.2) is 59.0 Å². The Kier molecular flexibility index (Phi) is 5.99. The lowest BCUT2D eigenvalue weighted by molar-refractivity contribution is -0.157. The molecule has 0 aliphatic heterocycles. The highest BCUT2D eigenvalue weighted by Gasteiger charge is 2.20. The van der Waals surface area contributed by atoms with E-state index < -0.39 is 43.7 Å². The molecule has 0 bridgehead atoms. The summed E-state index contributed by atoms with van der Waals surface area (Å²) < 4.78 is 4.23. The normalized spacial score (nSPS) is 11.8. The fourth-order valence-electron chi connectivity index (χ4n) is 0.666. The van der Waals surface area contributed by atoms with Gasteiger partial charge < -0.3 is 20.1 Å². The Morgan fingerprint density at radius 1 is 1.20 bits per heavy atom. The number of aliphatic hydroxyl groups is 1. The quantitative estimate of drug-likeness (QED) is 0.351. The van der Waals surface area contributed by atoms with E-state index >= 15 is 0 Å². The van der Waals surface area contributed by atoms with E-state index in [-0.39, 0.29) is 0 Å². The third-order valence-corrected chi connectivity index (χ3v) is 1.30. The number of ether oxygens (including phenoxy) is 1. The van der Waals surface area contributed by atoms with Crippen LogP contribution < -0.4 is 5.32 Å². The molecule has 0 spiro atoms. The second kappa shape index (κ2) is 6.74. The van der Waals surface area contributed by atoms with Crippen LogP contribution in [0.3, 0.4) is 0 Å². The number of rotatable bonds is 7. The van der Waals surface area contributed by atoms with Crippen LogP contribution in [0.4, 0.5) is 0 Å². The number of carbonyl (C=O) groups excluding carboxylic acids is 1. The van der Waals surface area contributed by atoms with Crippen molar-refractivity contribution in [2.45, 2.75) is 6.04 Å². The van der Waals surface area contributed by atoms with E-state index in [1.807, 2.05) is 0 Å². The predicted molar refractivity (Wildman–Crippen MR) is 45.1 cm³/mol. The van der Waals surface area contributed by atoms with Crippen LogP contribution in [0.25, 0.3) is 0 Å². The van der Waals surface area contributed by atoms with Gasteiger partial charge >= 0.3 is 17.9 Å². The van der Waals surface area contributed by atoms with Crippen molar-refractivity contribution in [1.29, 1.82) is 0 Å². The number of hydrogen-bond donors (Lipinski definition) is 4. The molecule has 8 nitrogen and oxygen atoms in total. The molecule has 15 heavy (non-hydrogen) atoms. The average molecular weight is 221 g/mol. The van der Waals surface area contributed by atoms with E-state index in [1.165, 1.54) is 0 Å². The lowest BCUT2D eigenvalue weighted by Gasteiger charge is -2.12. The fraction of sp³-hybridized carbons (Fsp3) is 0.571. The molecule has 0 saturated carbocycles. The Morgan fingerprint density at radius 3 is 2.20 bits per heavy atom. The number of carboxylic acid groups (broad SMARTS) is 2. The van der Waals surface area contributed by atoms with Gasteiger partial charge in [0.1, 0.15) is 6.04 Å². The Morgan fingerprint density at radius 2 is 1.80 bits per heavy atom. The minimum absolute atomic E-state index is 0.534. The van der Waals surface area contributed by atoms with Crippen molar-refractivity contribution in [3.63, 3.8) is 0 Å². The molecule has 0 saturated heterocycles. The van der Waals surface area contributed by atoms with E-state index in [4.69, 9.17) is 15.3 Å². The highest BCUT2D eigenvalue weighted by molar-refractivity contribution is 5.80. The van der Waals surface area contributed by atoms with Gasteiger partial charge in [-0.05, 0) is 0 Å². The summed E-state index contributed by atoms with van der Waals surface area (Å²) in [7, 11) is 0. The molecule has 0 aromatic heterocycles. The number of esters is 1. The van der Waals surface area contributed by atoms with Gasteiger partial charge in [0, 0.05) is 0 Å². The van der Waals surface area contributed by atoms with E-state index in [0.717, 1.165) is 0 Å². The van der Waals surface area contributed by atoms with Crippen molar-refractivity contribution >= 4 is 17.9 Å². The van der Waals surface area contributed by atoms with Crippen molar-refractivity contribution in [2.24, 2.45) is 0 Å². The maximum absolute atomic E-state index is 11.0. The van der Waals surface area contributed by atoms with Gasteiger partial charge in [-0.1, -0.05) is 0 Å². The summed E-state index contributed by atoms with van der Waals surface area (Å²) in [5, 5.41) is 27.3. The van der Waals surface area contributed by atoms with E-state index in [9.17, 15) is 14.4 Å². The first-order valence-electron chi connectivity index (χ1n) is 3.91. The first-order valence-corrected chi connectivity index (χ1v) is 3.91. The summed E-state index contributed by atoms with van der Waals surface area (Å²) in [6.45, 7) is -2.04. The smallest absolute Gasteiger partial charge is 0.341 e. The second-order valence-electron chi connectivity index (χ2n) is 2.51. The first-order chi connectivity index (χ1) is 6.97. The third-order valence-electron chi connectivity index (χ3n) is 1.30. The van der Waals surface area contributed by atoms with Gasteiger partial charge in [-0.25, -0.2) is 4.79 Å². The van der Waals surface area contributed by atoms with E-state index in [2.05, 4.69) is 10.1 Å². The van der Waals surface area contributed by atoms with Gasteiger partial charge in [0.25, 0.3) is 0 Å². The fourth-order valence-corrected chi connectivity index (χ4v) is 0.666. The Labute approximate surface area is 84.5 Å². The SMILES string of the molecule is O=C(O)CN[C@@H](CO)C(=O)OCC(=O)O.